The standard InChI is InChI=1S/C14H20INO/c1-2-16-14(11-6-5-9-17-10-11)12-7-3-4-8-13(12)15/h3-4,7-8,11,14,16H,2,5-6,9-10H2,1H3. The molecule has 0 bridgehead atoms. The lowest BCUT2D eigenvalue weighted by atomic mass is 9.88. The van der Waals surface area contributed by atoms with Gasteiger partial charge in [-0.05, 0) is 53.6 Å². The van der Waals surface area contributed by atoms with E-state index >= 15 is 0 Å². The molecule has 1 fully saturated rings. The molecule has 1 aliphatic heterocycles. The highest BCUT2D eigenvalue weighted by Crippen LogP contribution is 2.31. The van der Waals surface area contributed by atoms with Crippen molar-refractivity contribution in [2.24, 2.45) is 5.92 Å². The van der Waals surface area contributed by atoms with Gasteiger partial charge in [0.1, 0.15) is 0 Å². The molecule has 0 amide bonds. The Labute approximate surface area is 117 Å². The summed E-state index contributed by atoms with van der Waals surface area (Å²) in [5, 5.41) is 3.62. The van der Waals surface area contributed by atoms with Crippen molar-refractivity contribution in [3.05, 3.63) is 33.4 Å². The first-order valence-electron chi connectivity index (χ1n) is 6.38. The Balaban J connectivity index is 2.18. The normalized spacial score (nSPS) is 22.4. The second-order valence-corrected chi connectivity index (χ2v) is 5.70. The molecule has 0 radical (unpaired) electrons. The SMILES string of the molecule is CCNC(c1ccccc1I)C1CCCOC1. The monoisotopic (exact) mass is 345 g/mol. The van der Waals surface area contributed by atoms with Crippen molar-refractivity contribution in [1.29, 1.82) is 0 Å². The van der Waals surface area contributed by atoms with Crippen LogP contribution >= 0.6 is 22.6 Å². The molecule has 1 heterocycles. The average molecular weight is 345 g/mol. The third kappa shape index (κ3) is 3.42. The molecule has 1 aliphatic rings. The molecule has 1 aromatic rings. The van der Waals surface area contributed by atoms with Crippen molar-refractivity contribution in [3.8, 4) is 0 Å². The third-order valence-corrected chi connectivity index (χ3v) is 4.31. The number of hydrogen-bond acceptors (Lipinski definition) is 2. The van der Waals surface area contributed by atoms with Gasteiger partial charge in [0.05, 0.1) is 6.61 Å². The Morgan fingerprint density at radius 1 is 1.47 bits per heavy atom. The minimum Gasteiger partial charge on any atom is -0.381 e. The fraction of sp³-hybridized carbons (Fsp3) is 0.571. The van der Waals surface area contributed by atoms with Crippen LogP contribution in [0.15, 0.2) is 24.3 Å². The molecule has 0 spiro atoms. The molecule has 0 aromatic heterocycles. The zero-order chi connectivity index (χ0) is 12.1. The molecule has 1 saturated heterocycles. The molecular weight excluding hydrogens is 325 g/mol. The molecule has 2 rings (SSSR count). The number of nitrogens with one attached hydrogen (secondary N) is 1. The van der Waals surface area contributed by atoms with Crippen LogP contribution in [-0.4, -0.2) is 19.8 Å². The van der Waals surface area contributed by atoms with Gasteiger partial charge in [-0.1, -0.05) is 25.1 Å². The van der Waals surface area contributed by atoms with Crippen molar-refractivity contribution in [2.75, 3.05) is 19.8 Å². The molecule has 94 valence electrons. The second kappa shape index (κ2) is 6.71. The van der Waals surface area contributed by atoms with E-state index in [9.17, 15) is 0 Å². The molecule has 17 heavy (non-hydrogen) atoms. The average Bonchev–Trinajstić information content (AvgIpc) is 2.38. The van der Waals surface area contributed by atoms with Crippen LogP contribution in [0.5, 0.6) is 0 Å². The van der Waals surface area contributed by atoms with E-state index in [1.807, 2.05) is 0 Å². The summed E-state index contributed by atoms with van der Waals surface area (Å²) in [6.07, 6.45) is 2.46. The molecule has 2 atom stereocenters. The summed E-state index contributed by atoms with van der Waals surface area (Å²) in [5.41, 5.74) is 1.42. The van der Waals surface area contributed by atoms with Crippen molar-refractivity contribution in [3.63, 3.8) is 0 Å². The van der Waals surface area contributed by atoms with Gasteiger partial charge < -0.3 is 10.1 Å². The zero-order valence-corrected chi connectivity index (χ0v) is 12.4. The Hall–Kier alpha value is -0.130. The van der Waals surface area contributed by atoms with Gasteiger partial charge in [-0.3, -0.25) is 0 Å². The smallest absolute Gasteiger partial charge is 0.0512 e. The van der Waals surface area contributed by atoms with E-state index in [0.717, 1.165) is 19.8 Å². The molecule has 1 aromatic carbocycles. The van der Waals surface area contributed by atoms with E-state index in [2.05, 4.69) is 59.1 Å². The van der Waals surface area contributed by atoms with E-state index in [0.29, 0.717) is 12.0 Å². The molecule has 0 aliphatic carbocycles. The first kappa shape index (κ1) is 13.3. The van der Waals surface area contributed by atoms with Crippen LogP contribution in [0.2, 0.25) is 0 Å². The number of hydrogen-bond donors (Lipinski definition) is 1. The quantitative estimate of drug-likeness (QED) is 0.845. The van der Waals surface area contributed by atoms with E-state index in [1.54, 1.807) is 0 Å². The summed E-state index contributed by atoms with van der Waals surface area (Å²) >= 11 is 2.43. The predicted octanol–water partition coefficient (Wildman–Crippen LogP) is 3.37. The van der Waals surface area contributed by atoms with Gasteiger partial charge in [-0.15, -0.1) is 0 Å². The molecule has 1 N–H and O–H groups in total. The predicted molar refractivity (Wildman–Crippen MR) is 79.1 cm³/mol. The third-order valence-electron chi connectivity index (χ3n) is 3.33. The molecular formula is C14H20INO. The van der Waals surface area contributed by atoms with E-state index in [-0.39, 0.29) is 0 Å². The Bertz CT molecular complexity index is 350. The lowest BCUT2D eigenvalue weighted by Crippen LogP contribution is -2.33. The zero-order valence-electron chi connectivity index (χ0n) is 10.3. The highest BCUT2D eigenvalue weighted by molar-refractivity contribution is 14.1. The summed E-state index contributed by atoms with van der Waals surface area (Å²) in [5.74, 6) is 0.611. The molecule has 2 nitrogen and oxygen atoms in total. The van der Waals surface area contributed by atoms with Crippen LogP contribution in [0.3, 0.4) is 0 Å². The van der Waals surface area contributed by atoms with Gasteiger partial charge in [0.25, 0.3) is 0 Å². The van der Waals surface area contributed by atoms with Crippen LogP contribution in [0.4, 0.5) is 0 Å². The minimum atomic E-state index is 0.438. The van der Waals surface area contributed by atoms with Gasteiger partial charge in [0.2, 0.25) is 0 Å². The lowest BCUT2D eigenvalue weighted by molar-refractivity contribution is 0.0391. The van der Waals surface area contributed by atoms with E-state index in [1.165, 1.54) is 22.0 Å². The number of ether oxygens (including phenoxy) is 1. The van der Waals surface area contributed by atoms with Crippen molar-refractivity contribution in [2.45, 2.75) is 25.8 Å². The Morgan fingerprint density at radius 3 is 2.94 bits per heavy atom. The second-order valence-electron chi connectivity index (χ2n) is 4.53. The van der Waals surface area contributed by atoms with Gasteiger partial charge >= 0.3 is 0 Å². The van der Waals surface area contributed by atoms with Gasteiger partial charge in [0.15, 0.2) is 0 Å². The van der Waals surface area contributed by atoms with Crippen LogP contribution < -0.4 is 5.32 Å². The maximum absolute atomic E-state index is 5.63. The summed E-state index contributed by atoms with van der Waals surface area (Å²) in [4.78, 5) is 0. The largest absolute Gasteiger partial charge is 0.381 e. The van der Waals surface area contributed by atoms with Crippen LogP contribution in [0.25, 0.3) is 0 Å². The minimum absolute atomic E-state index is 0.438. The highest BCUT2D eigenvalue weighted by atomic mass is 127. The summed E-state index contributed by atoms with van der Waals surface area (Å²) < 4.78 is 6.98. The number of halogens is 1. The topological polar surface area (TPSA) is 21.3 Å². The maximum atomic E-state index is 5.63. The molecule has 0 saturated carbocycles. The van der Waals surface area contributed by atoms with Crippen molar-refractivity contribution >= 4 is 22.6 Å². The van der Waals surface area contributed by atoms with Crippen LogP contribution in [-0.2, 0) is 4.74 Å². The fourth-order valence-electron chi connectivity index (χ4n) is 2.51. The first-order valence-corrected chi connectivity index (χ1v) is 7.46. The van der Waals surface area contributed by atoms with Gasteiger partial charge in [-0.2, -0.15) is 0 Å². The lowest BCUT2D eigenvalue weighted by Gasteiger charge is -2.31. The molecule has 3 heteroatoms. The Morgan fingerprint density at radius 2 is 2.29 bits per heavy atom. The first-order chi connectivity index (χ1) is 8.33. The van der Waals surface area contributed by atoms with Crippen molar-refractivity contribution < 1.29 is 4.74 Å². The van der Waals surface area contributed by atoms with Crippen LogP contribution in [0.1, 0.15) is 31.4 Å². The molecule has 2 unspecified atom stereocenters. The van der Waals surface area contributed by atoms with E-state index in [4.69, 9.17) is 4.74 Å². The fourth-order valence-corrected chi connectivity index (χ4v) is 3.23. The summed E-state index contributed by atoms with van der Waals surface area (Å²) in [7, 11) is 0. The number of benzene rings is 1. The number of rotatable bonds is 4. The summed E-state index contributed by atoms with van der Waals surface area (Å²) in [6.45, 7) is 5.00. The highest BCUT2D eigenvalue weighted by Gasteiger charge is 2.25. The van der Waals surface area contributed by atoms with Gasteiger partial charge in [0, 0.05) is 22.1 Å². The van der Waals surface area contributed by atoms with Crippen LogP contribution in [0, 0.1) is 9.49 Å². The Kier molecular flexibility index (Phi) is 5.25. The van der Waals surface area contributed by atoms with E-state index < -0.39 is 0 Å². The summed E-state index contributed by atoms with van der Waals surface area (Å²) in [6, 6.07) is 9.10. The van der Waals surface area contributed by atoms with Gasteiger partial charge in [-0.25, -0.2) is 0 Å². The maximum Gasteiger partial charge on any atom is 0.0512 e. The van der Waals surface area contributed by atoms with Crippen molar-refractivity contribution in [1.82, 2.24) is 5.32 Å².